The van der Waals surface area contributed by atoms with Crippen LogP contribution in [-0.4, -0.2) is 60.9 Å². The van der Waals surface area contributed by atoms with Crippen LogP contribution in [0, 0.1) is 10.1 Å². The smallest absolute Gasteiger partial charge is 0.334 e. The predicted octanol–water partition coefficient (Wildman–Crippen LogP) is 5.00. The Labute approximate surface area is 256 Å². The van der Waals surface area contributed by atoms with Crippen molar-refractivity contribution in [1.82, 2.24) is 9.97 Å². The highest BCUT2D eigenvalue weighted by Gasteiger charge is 2.42. The second kappa shape index (κ2) is 16.6. The lowest BCUT2D eigenvalue weighted by Crippen LogP contribution is -2.30. The largest absolute Gasteiger partial charge is 0.497 e. The molecule has 0 N–H and O–H groups in total. The van der Waals surface area contributed by atoms with E-state index in [1.807, 2.05) is 31.2 Å². The zero-order chi connectivity index (χ0) is 32.1. The number of rotatable bonds is 17. The Bertz CT molecular complexity index is 1330. The molecule has 0 saturated heterocycles. The van der Waals surface area contributed by atoms with E-state index in [4.69, 9.17) is 23.7 Å². The third-order valence-corrected chi connectivity index (χ3v) is 6.47. The lowest BCUT2D eigenvalue weighted by atomic mass is 10.0. The van der Waals surface area contributed by atoms with Gasteiger partial charge in [0.15, 0.2) is 5.69 Å². The Morgan fingerprint density at radius 2 is 1.34 bits per heavy atom. The Kier molecular flexibility index (Phi) is 12.7. The summed E-state index contributed by atoms with van der Waals surface area (Å²) in [7, 11) is 3.11. The first kappa shape index (κ1) is 33.6. The van der Waals surface area contributed by atoms with Gasteiger partial charge in [-0.3, -0.25) is 19.7 Å². The summed E-state index contributed by atoms with van der Waals surface area (Å²) in [5.41, 5.74) is 0.461. The lowest BCUT2D eigenvalue weighted by molar-refractivity contribution is -0.385. The number of anilines is 1. The summed E-state index contributed by atoms with van der Waals surface area (Å²) in [5.74, 6) is -2.76. The van der Waals surface area contributed by atoms with Crippen molar-refractivity contribution in [2.45, 2.75) is 52.6 Å². The highest BCUT2D eigenvalue weighted by atomic mass is 16.6. The van der Waals surface area contributed by atoms with Crippen LogP contribution in [0.3, 0.4) is 0 Å². The summed E-state index contributed by atoms with van der Waals surface area (Å²) >= 11 is 0. The van der Waals surface area contributed by atoms with E-state index in [0.29, 0.717) is 17.9 Å². The van der Waals surface area contributed by atoms with Crippen LogP contribution < -0.4 is 19.1 Å². The van der Waals surface area contributed by atoms with Crippen molar-refractivity contribution in [1.29, 1.82) is 0 Å². The van der Waals surface area contributed by atoms with Gasteiger partial charge in [0, 0.05) is 13.1 Å². The highest BCUT2D eigenvalue weighted by Crippen LogP contribution is 2.38. The van der Waals surface area contributed by atoms with Crippen molar-refractivity contribution in [2.75, 3.05) is 38.9 Å². The van der Waals surface area contributed by atoms with Gasteiger partial charge in [0.1, 0.15) is 11.5 Å². The van der Waals surface area contributed by atoms with E-state index in [2.05, 4.69) is 9.97 Å². The summed E-state index contributed by atoms with van der Waals surface area (Å²) in [6, 6.07) is 14.2. The number of esters is 2. The fourth-order valence-corrected chi connectivity index (χ4v) is 4.29. The first-order valence-electron chi connectivity index (χ1n) is 14.3. The van der Waals surface area contributed by atoms with Gasteiger partial charge < -0.3 is 28.6 Å². The standard InChI is InChI=1S/C31H38N4O9/c1-6-9-18-44-31-32-26(25(29(36)42-7-2)30(37)43-8-3)27(35(38)39)28(33-31)34(19-21-10-14-23(40-4)15-11-21)20-22-12-16-24(41-5)17-13-22/h10-17,25H,6-9,18-20H2,1-5H3. The molecule has 13 heteroatoms. The Balaban J connectivity index is 2.28. The number of carbonyl (C=O) groups is 2. The molecule has 0 aliphatic carbocycles. The van der Waals surface area contributed by atoms with Gasteiger partial charge in [-0.2, -0.15) is 9.97 Å². The zero-order valence-electron chi connectivity index (χ0n) is 25.6. The van der Waals surface area contributed by atoms with Crippen LogP contribution in [0.15, 0.2) is 48.5 Å². The van der Waals surface area contributed by atoms with Crippen molar-refractivity contribution in [3.63, 3.8) is 0 Å². The summed E-state index contributed by atoms with van der Waals surface area (Å²) in [6.07, 6.45) is 1.47. The summed E-state index contributed by atoms with van der Waals surface area (Å²) in [6.45, 7) is 5.49. The predicted molar refractivity (Wildman–Crippen MR) is 161 cm³/mol. The van der Waals surface area contributed by atoms with Gasteiger partial charge in [-0.1, -0.05) is 37.6 Å². The number of hydrogen-bond acceptors (Lipinski definition) is 12. The Morgan fingerprint density at radius 1 is 0.841 bits per heavy atom. The van der Waals surface area contributed by atoms with Gasteiger partial charge in [0.25, 0.3) is 0 Å². The molecule has 0 aliphatic heterocycles. The Hall–Kier alpha value is -4.94. The molecule has 13 nitrogen and oxygen atoms in total. The number of methoxy groups -OCH3 is 2. The van der Waals surface area contributed by atoms with Crippen molar-refractivity contribution in [3.8, 4) is 17.5 Å². The molecule has 0 fully saturated rings. The molecule has 236 valence electrons. The monoisotopic (exact) mass is 610 g/mol. The minimum absolute atomic E-state index is 0.0681. The molecule has 3 rings (SSSR count). The maximum Gasteiger partial charge on any atom is 0.334 e. The van der Waals surface area contributed by atoms with Gasteiger partial charge in [-0.15, -0.1) is 0 Å². The van der Waals surface area contributed by atoms with Crippen LogP contribution in [0.25, 0.3) is 0 Å². The number of nitrogens with zero attached hydrogens (tertiary/aromatic N) is 4. The molecule has 0 atom stereocenters. The molecule has 44 heavy (non-hydrogen) atoms. The number of carbonyl (C=O) groups excluding carboxylic acids is 2. The fraction of sp³-hybridized carbons (Fsp3) is 0.419. The molecule has 0 saturated carbocycles. The van der Waals surface area contributed by atoms with Crippen molar-refractivity contribution < 1.29 is 38.2 Å². The van der Waals surface area contributed by atoms with Crippen LogP contribution >= 0.6 is 0 Å². The molecular weight excluding hydrogens is 572 g/mol. The molecule has 1 aromatic heterocycles. The zero-order valence-corrected chi connectivity index (χ0v) is 25.6. The maximum atomic E-state index is 13.1. The van der Waals surface area contributed by atoms with E-state index < -0.39 is 34.2 Å². The van der Waals surface area contributed by atoms with Gasteiger partial charge >= 0.3 is 23.6 Å². The van der Waals surface area contributed by atoms with Crippen LogP contribution in [-0.2, 0) is 32.2 Å². The molecular formula is C31H38N4O9. The fourth-order valence-electron chi connectivity index (χ4n) is 4.29. The first-order valence-corrected chi connectivity index (χ1v) is 14.3. The van der Waals surface area contributed by atoms with Gasteiger partial charge in [-0.25, -0.2) is 0 Å². The topological polar surface area (TPSA) is 152 Å². The van der Waals surface area contributed by atoms with Crippen LogP contribution in [0.5, 0.6) is 17.5 Å². The molecule has 0 unspecified atom stereocenters. The minimum atomic E-state index is -1.84. The van der Waals surface area contributed by atoms with Crippen LogP contribution in [0.2, 0.25) is 0 Å². The lowest BCUT2D eigenvalue weighted by Gasteiger charge is -2.25. The van der Waals surface area contributed by atoms with Crippen molar-refractivity contribution >= 4 is 23.4 Å². The number of nitro groups is 1. The SMILES string of the molecule is CCCCOc1nc(C(C(=O)OCC)C(=O)OCC)c([N+](=O)[O-])c(N(Cc2ccc(OC)cc2)Cc2ccc(OC)cc2)n1. The van der Waals surface area contributed by atoms with E-state index in [1.165, 1.54) is 0 Å². The molecule has 0 bridgehead atoms. The Morgan fingerprint density at radius 3 is 1.75 bits per heavy atom. The number of benzene rings is 2. The molecule has 2 aromatic carbocycles. The van der Waals surface area contributed by atoms with Gasteiger partial charge in [0.2, 0.25) is 11.7 Å². The third kappa shape index (κ3) is 8.79. The maximum absolute atomic E-state index is 13.1. The third-order valence-electron chi connectivity index (χ3n) is 6.47. The average molecular weight is 611 g/mol. The quantitative estimate of drug-likeness (QED) is 0.0665. The van der Waals surface area contributed by atoms with E-state index in [-0.39, 0.29) is 44.7 Å². The molecule has 0 aliphatic rings. The molecule has 0 amide bonds. The molecule has 0 radical (unpaired) electrons. The summed E-state index contributed by atoms with van der Waals surface area (Å²) in [5, 5.41) is 12.8. The number of hydrogen-bond donors (Lipinski definition) is 0. The molecule has 0 spiro atoms. The second-order valence-corrected chi connectivity index (χ2v) is 9.51. The molecule has 3 aromatic rings. The van der Waals surface area contributed by atoms with Crippen LogP contribution in [0.1, 0.15) is 56.4 Å². The van der Waals surface area contributed by atoms with Crippen molar-refractivity contribution in [2.24, 2.45) is 0 Å². The molecule has 1 heterocycles. The highest BCUT2D eigenvalue weighted by molar-refractivity contribution is 6.01. The number of aromatic nitrogens is 2. The average Bonchev–Trinajstić information content (AvgIpc) is 3.01. The van der Waals surface area contributed by atoms with E-state index >= 15 is 0 Å². The van der Waals surface area contributed by atoms with E-state index in [1.54, 1.807) is 57.2 Å². The van der Waals surface area contributed by atoms with E-state index in [9.17, 15) is 19.7 Å². The van der Waals surface area contributed by atoms with Crippen molar-refractivity contribution in [3.05, 3.63) is 75.5 Å². The van der Waals surface area contributed by atoms with Crippen LogP contribution in [0.4, 0.5) is 11.5 Å². The number of ether oxygens (including phenoxy) is 5. The van der Waals surface area contributed by atoms with Gasteiger partial charge in [0.05, 0.1) is 39.0 Å². The van der Waals surface area contributed by atoms with Gasteiger partial charge in [-0.05, 0) is 55.7 Å². The number of unbranched alkanes of at least 4 members (excludes halogenated alkanes) is 1. The normalized spacial score (nSPS) is 10.7. The first-order chi connectivity index (χ1) is 21.3. The second-order valence-electron chi connectivity index (χ2n) is 9.51. The van der Waals surface area contributed by atoms with E-state index in [0.717, 1.165) is 17.5 Å². The summed E-state index contributed by atoms with van der Waals surface area (Å²) < 4.78 is 26.6. The minimum Gasteiger partial charge on any atom is -0.497 e. The summed E-state index contributed by atoms with van der Waals surface area (Å²) in [4.78, 5) is 48.7.